The van der Waals surface area contributed by atoms with Crippen LogP contribution in [0.5, 0.6) is 11.6 Å². The third-order valence-electron chi connectivity index (χ3n) is 4.92. The predicted molar refractivity (Wildman–Crippen MR) is 117 cm³/mol. The van der Waals surface area contributed by atoms with E-state index in [1.807, 2.05) is 6.92 Å². The summed E-state index contributed by atoms with van der Waals surface area (Å²) in [6, 6.07) is 13.4. The van der Waals surface area contributed by atoms with Crippen LogP contribution in [-0.2, 0) is 4.79 Å². The molecule has 1 aliphatic rings. The Bertz CT molecular complexity index is 1280. The van der Waals surface area contributed by atoms with Gasteiger partial charge in [0, 0.05) is 21.3 Å². The lowest BCUT2D eigenvalue weighted by atomic mass is 9.83. The van der Waals surface area contributed by atoms with E-state index < -0.39 is 17.6 Å². The van der Waals surface area contributed by atoms with Gasteiger partial charge < -0.3 is 20.5 Å². The van der Waals surface area contributed by atoms with Crippen LogP contribution in [0.4, 0.5) is 10.1 Å². The number of halogens is 2. The van der Waals surface area contributed by atoms with Crippen LogP contribution in [0.25, 0.3) is 0 Å². The summed E-state index contributed by atoms with van der Waals surface area (Å²) in [6.45, 7) is 1.44. The van der Waals surface area contributed by atoms with E-state index >= 15 is 0 Å². The molecule has 4 N–H and O–H groups in total. The maximum atomic E-state index is 14.0. The quantitative estimate of drug-likeness (QED) is 0.491. The van der Waals surface area contributed by atoms with Gasteiger partial charge in [0.2, 0.25) is 11.8 Å². The van der Waals surface area contributed by atoms with Crippen LogP contribution in [0, 0.1) is 24.1 Å². The van der Waals surface area contributed by atoms with E-state index in [0.29, 0.717) is 27.0 Å². The van der Waals surface area contributed by atoms with Crippen molar-refractivity contribution in [3.8, 4) is 17.7 Å². The van der Waals surface area contributed by atoms with E-state index in [9.17, 15) is 14.4 Å². The number of nitriles is 1. The number of carbonyl (C=O) groups is 1. The molecule has 1 atom stereocenters. The second-order valence-electron chi connectivity index (χ2n) is 6.99. The first-order valence-electron chi connectivity index (χ1n) is 9.48. The highest BCUT2D eigenvalue weighted by Gasteiger charge is 2.35. The highest BCUT2D eigenvalue weighted by Crippen LogP contribution is 2.45. The zero-order valence-electron chi connectivity index (χ0n) is 16.8. The van der Waals surface area contributed by atoms with Crippen molar-refractivity contribution in [2.75, 3.05) is 11.9 Å². The number of hydrogen-bond donors (Lipinski definition) is 3. The van der Waals surface area contributed by atoms with E-state index in [1.54, 1.807) is 30.3 Å². The van der Waals surface area contributed by atoms with Crippen molar-refractivity contribution in [2.45, 2.75) is 12.8 Å². The number of ether oxygens (including phenoxy) is 2. The molecule has 4 rings (SSSR count). The molecule has 0 radical (unpaired) electrons. The highest BCUT2D eigenvalue weighted by atomic mass is 79.9. The Morgan fingerprint density at radius 2 is 2.19 bits per heavy atom. The number of para-hydroxylation sites is 1. The molecule has 1 aliphatic heterocycles. The number of carbonyl (C=O) groups excluding carboxylic acids is 1. The number of aromatic nitrogens is 2. The van der Waals surface area contributed by atoms with Crippen LogP contribution >= 0.6 is 15.9 Å². The van der Waals surface area contributed by atoms with Gasteiger partial charge in [-0.3, -0.25) is 9.89 Å². The largest absolute Gasteiger partial charge is 0.483 e. The Hall–Kier alpha value is -3.84. The van der Waals surface area contributed by atoms with Crippen molar-refractivity contribution in [2.24, 2.45) is 5.73 Å². The molecular formula is C22H17BrFN5O3. The monoisotopic (exact) mass is 497 g/mol. The Morgan fingerprint density at radius 1 is 1.41 bits per heavy atom. The van der Waals surface area contributed by atoms with Crippen molar-refractivity contribution in [3.05, 3.63) is 81.0 Å². The zero-order valence-corrected chi connectivity index (χ0v) is 18.4. The van der Waals surface area contributed by atoms with Gasteiger partial charge in [-0.1, -0.05) is 34.1 Å². The van der Waals surface area contributed by atoms with Gasteiger partial charge >= 0.3 is 0 Å². The van der Waals surface area contributed by atoms with E-state index in [4.69, 9.17) is 15.2 Å². The van der Waals surface area contributed by atoms with Crippen molar-refractivity contribution in [1.29, 1.82) is 5.26 Å². The number of allylic oxidation sites excluding steroid dienone is 1. The molecule has 1 aromatic heterocycles. The summed E-state index contributed by atoms with van der Waals surface area (Å²) in [5, 5.41) is 19.1. The van der Waals surface area contributed by atoms with Crippen LogP contribution in [0.3, 0.4) is 0 Å². The first-order chi connectivity index (χ1) is 15.4. The predicted octanol–water partition coefficient (Wildman–Crippen LogP) is 3.86. The minimum atomic E-state index is -0.592. The summed E-state index contributed by atoms with van der Waals surface area (Å²) >= 11 is 3.17. The molecule has 0 aliphatic carbocycles. The van der Waals surface area contributed by atoms with E-state index in [1.165, 1.54) is 12.1 Å². The van der Waals surface area contributed by atoms with Gasteiger partial charge in [0.15, 0.2) is 6.61 Å². The number of nitrogens with one attached hydrogen (secondary N) is 2. The number of anilines is 1. The maximum absolute atomic E-state index is 14.0. The minimum absolute atomic E-state index is 0.0423. The normalized spacial score (nSPS) is 14.9. The average molecular weight is 498 g/mol. The summed E-state index contributed by atoms with van der Waals surface area (Å²) in [6.07, 6.45) is 0. The number of aryl methyl sites for hydroxylation is 1. The molecule has 0 saturated heterocycles. The number of amides is 1. The smallest absolute Gasteiger partial charge is 0.262 e. The summed E-state index contributed by atoms with van der Waals surface area (Å²) in [5.41, 5.74) is 8.20. The van der Waals surface area contributed by atoms with Crippen molar-refractivity contribution < 1.29 is 18.7 Å². The molecule has 0 fully saturated rings. The Morgan fingerprint density at radius 3 is 2.94 bits per heavy atom. The van der Waals surface area contributed by atoms with Crippen LogP contribution in [0.1, 0.15) is 22.7 Å². The van der Waals surface area contributed by atoms with Crippen molar-refractivity contribution in [1.82, 2.24) is 10.2 Å². The SMILES string of the molecule is Cc1[nH]nc2c1C(c1ccccc1OCC(=O)Nc1ccc(Br)cc1F)C(C#N)=C(N)O2. The molecule has 1 unspecified atom stereocenters. The third kappa shape index (κ3) is 4.02. The topological polar surface area (TPSA) is 126 Å². The van der Waals surface area contributed by atoms with Crippen LogP contribution in [0.15, 0.2) is 58.4 Å². The van der Waals surface area contributed by atoms with Crippen LogP contribution in [0.2, 0.25) is 0 Å². The van der Waals surface area contributed by atoms with Gasteiger partial charge in [0.1, 0.15) is 23.2 Å². The fourth-order valence-electron chi connectivity index (χ4n) is 3.48. The maximum Gasteiger partial charge on any atom is 0.262 e. The Kier molecular flexibility index (Phi) is 5.83. The lowest BCUT2D eigenvalue weighted by Crippen LogP contribution is -2.23. The number of H-pyrrole nitrogens is 1. The Balaban J connectivity index is 1.60. The second kappa shape index (κ2) is 8.72. The van der Waals surface area contributed by atoms with Gasteiger partial charge in [-0.25, -0.2) is 4.39 Å². The molecule has 2 heterocycles. The first-order valence-corrected chi connectivity index (χ1v) is 10.3. The second-order valence-corrected chi connectivity index (χ2v) is 7.91. The van der Waals surface area contributed by atoms with E-state index in [-0.39, 0.29) is 29.6 Å². The van der Waals surface area contributed by atoms with Gasteiger partial charge in [-0.2, -0.15) is 5.26 Å². The average Bonchev–Trinajstić information content (AvgIpc) is 3.13. The number of aromatic amines is 1. The van der Waals surface area contributed by atoms with Crippen LogP contribution < -0.4 is 20.5 Å². The summed E-state index contributed by atoms with van der Waals surface area (Å²) in [5.74, 6) is -1.10. The minimum Gasteiger partial charge on any atom is -0.483 e. The van der Waals surface area contributed by atoms with Crippen molar-refractivity contribution in [3.63, 3.8) is 0 Å². The van der Waals surface area contributed by atoms with Crippen LogP contribution in [-0.4, -0.2) is 22.7 Å². The lowest BCUT2D eigenvalue weighted by Gasteiger charge is -2.25. The third-order valence-corrected chi connectivity index (χ3v) is 5.42. The number of rotatable bonds is 5. The van der Waals surface area contributed by atoms with Gasteiger partial charge in [-0.15, -0.1) is 5.10 Å². The molecule has 0 spiro atoms. The molecule has 10 heteroatoms. The van der Waals surface area contributed by atoms with Crippen molar-refractivity contribution >= 4 is 27.5 Å². The first kappa shape index (κ1) is 21.4. The number of nitrogens with zero attached hydrogens (tertiary/aromatic N) is 2. The molecule has 0 bridgehead atoms. The molecule has 8 nitrogen and oxygen atoms in total. The molecular weight excluding hydrogens is 481 g/mol. The zero-order chi connectivity index (χ0) is 22.8. The van der Waals surface area contributed by atoms with Gasteiger partial charge in [-0.05, 0) is 31.2 Å². The lowest BCUT2D eigenvalue weighted by molar-refractivity contribution is -0.118. The van der Waals surface area contributed by atoms with E-state index in [2.05, 4.69) is 37.5 Å². The molecule has 1 amide bonds. The van der Waals surface area contributed by atoms with E-state index in [0.717, 1.165) is 0 Å². The summed E-state index contributed by atoms with van der Waals surface area (Å²) in [7, 11) is 0. The number of hydrogen-bond acceptors (Lipinski definition) is 6. The van der Waals surface area contributed by atoms with Gasteiger partial charge in [0.05, 0.1) is 11.6 Å². The molecule has 32 heavy (non-hydrogen) atoms. The summed E-state index contributed by atoms with van der Waals surface area (Å²) < 4.78 is 25.8. The molecule has 3 aromatic rings. The molecule has 2 aromatic carbocycles. The number of benzene rings is 2. The standard InChI is InChI=1S/C22H17BrFN5O3/c1-11-19-20(14(9-25)21(26)32-22(19)29-28-11)13-4-2-3-5-17(13)31-10-18(30)27-16-7-6-12(23)8-15(16)24/h2-8,20H,10,26H2,1H3,(H,27,30)(H,28,29). The number of nitrogens with two attached hydrogens (primary N) is 1. The Labute approximate surface area is 191 Å². The molecule has 0 saturated carbocycles. The fraction of sp³-hybridized carbons (Fsp3) is 0.136. The van der Waals surface area contributed by atoms with Gasteiger partial charge in [0.25, 0.3) is 5.91 Å². The number of fused-ring (bicyclic) bond motifs is 1. The highest BCUT2D eigenvalue weighted by molar-refractivity contribution is 9.10. The summed E-state index contributed by atoms with van der Waals surface area (Å²) in [4.78, 5) is 12.4. The fourth-order valence-corrected chi connectivity index (χ4v) is 3.81. The molecule has 162 valence electrons.